The van der Waals surface area contributed by atoms with Gasteiger partial charge in [-0.1, -0.05) is 0 Å². The number of rotatable bonds is 5. The van der Waals surface area contributed by atoms with Crippen LogP contribution in [0.1, 0.15) is 23.3 Å². The molecule has 0 bridgehead atoms. The van der Waals surface area contributed by atoms with Gasteiger partial charge in [-0.25, -0.2) is 18.7 Å². The van der Waals surface area contributed by atoms with Crippen LogP contribution in [-0.2, 0) is 4.79 Å². The molecule has 1 aliphatic rings. The first-order valence-electron chi connectivity index (χ1n) is 8.63. The Labute approximate surface area is 154 Å². The molecule has 0 unspecified atom stereocenters. The number of nitrogens with two attached hydrogens (primary N) is 1. The maximum absolute atomic E-state index is 13.2. The second-order valence-electron chi connectivity index (χ2n) is 6.70. The fourth-order valence-corrected chi connectivity index (χ4v) is 4.18. The normalized spacial score (nSPS) is 16.3. The third kappa shape index (κ3) is 3.78. The van der Waals surface area contributed by atoms with E-state index in [1.807, 2.05) is 0 Å². The van der Waals surface area contributed by atoms with E-state index >= 15 is 0 Å². The molecule has 0 atom stereocenters. The number of nitrogens with one attached hydrogen (secondary N) is 1. The molecule has 0 radical (unpaired) electrons. The van der Waals surface area contributed by atoms with E-state index < -0.39 is 19.0 Å². The number of hydrogen-bond acceptors (Lipinski definition) is 6. The van der Waals surface area contributed by atoms with E-state index in [1.54, 1.807) is 17.7 Å². The Bertz CT molecular complexity index is 802. The lowest BCUT2D eigenvalue weighted by molar-refractivity contribution is -0.127. The minimum absolute atomic E-state index is 0.262. The highest BCUT2D eigenvalue weighted by molar-refractivity contribution is 7.18. The van der Waals surface area contributed by atoms with Crippen LogP contribution in [0.3, 0.4) is 0 Å². The number of aryl methyl sites for hydroxylation is 2. The Hall–Kier alpha value is -1.87. The molecule has 3 heterocycles. The molecule has 142 valence electrons. The predicted octanol–water partition coefficient (Wildman–Crippen LogP) is 2.23. The molecule has 26 heavy (non-hydrogen) atoms. The number of carbonyl (C=O) groups is 1. The van der Waals surface area contributed by atoms with Crippen molar-refractivity contribution in [2.75, 3.05) is 31.1 Å². The molecule has 3 rings (SSSR count). The maximum Gasteiger partial charge on any atom is 0.277 e. The fraction of sp³-hybridized carbons (Fsp3) is 0.588. The molecule has 0 aliphatic carbocycles. The summed E-state index contributed by atoms with van der Waals surface area (Å²) < 4.78 is 26.4. The van der Waals surface area contributed by atoms with Gasteiger partial charge in [0.2, 0.25) is 5.91 Å². The molecular weight excluding hydrogens is 360 g/mol. The monoisotopic (exact) mass is 383 g/mol. The molecular formula is C17H23F2N5OS. The number of alkyl halides is 2. The van der Waals surface area contributed by atoms with E-state index in [2.05, 4.69) is 34.0 Å². The average Bonchev–Trinajstić information content (AvgIpc) is 2.94. The van der Waals surface area contributed by atoms with Gasteiger partial charge in [-0.2, -0.15) is 0 Å². The van der Waals surface area contributed by atoms with E-state index in [9.17, 15) is 13.6 Å². The number of nitrogens with zero attached hydrogens (tertiary/aromatic N) is 3. The third-order valence-corrected chi connectivity index (χ3v) is 6.05. The molecule has 9 heteroatoms. The summed E-state index contributed by atoms with van der Waals surface area (Å²) in [6.45, 7) is 3.98. The summed E-state index contributed by atoms with van der Waals surface area (Å²) in [5, 5.41) is 3.40. The van der Waals surface area contributed by atoms with E-state index in [-0.39, 0.29) is 11.8 Å². The first-order valence-corrected chi connectivity index (χ1v) is 9.45. The van der Waals surface area contributed by atoms with Gasteiger partial charge in [-0.3, -0.25) is 4.79 Å². The van der Waals surface area contributed by atoms with Crippen LogP contribution in [0.5, 0.6) is 0 Å². The summed E-state index contributed by atoms with van der Waals surface area (Å²) >= 11 is 1.65. The predicted molar refractivity (Wildman–Crippen MR) is 98.8 cm³/mol. The second kappa shape index (κ2) is 7.40. The molecule has 0 aromatic carbocycles. The number of aromatic nitrogens is 2. The second-order valence-corrected chi connectivity index (χ2v) is 7.90. The van der Waals surface area contributed by atoms with E-state index in [0.717, 1.165) is 16.0 Å². The molecule has 1 fully saturated rings. The van der Waals surface area contributed by atoms with E-state index in [1.165, 1.54) is 10.4 Å². The highest BCUT2D eigenvalue weighted by Crippen LogP contribution is 2.35. The van der Waals surface area contributed by atoms with Crippen LogP contribution in [0.15, 0.2) is 6.33 Å². The lowest BCUT2D eigenvalue weighted by atomic mass is 9.95. The van der Waals surface area contributed by atoms with Crippen LogP contribution in [0.25, 0.3) is 10.2 Å². The van der Waals surface area contributed by atoms with Crippen molar-refractivity contribution in [3.05, 3.63) is 16.8 Å². The SMILES string of the molecule is Cc1sc2ncnc(N3CCC(C(=O)NCC(F)(F)CN)CC3)c2c1C. The van der Waals surface area contributed by atoms with Crippen molar-refractivity contribution in [3.63, 3.8) is 0 Å². The van der Waals surface area contributed by atoms with Gasteiger partial charge < -0.3 is 16.0 Å². The van der Waals surface area contributed by atoms with Gasteiger partial charge >= 0.3 is 0 Å². The van der Waals surface area contributed by atoms with Crippen LogP contribution in [0.2, 0.25) is 0 Å². The first-order chi connectivity index (χ1) is 12.3. The summed E-state index contributed by atoms with van der Waals surface area (Å²) in [5.74, 6) is -2.75. The fourth-order valence-electron chi connectivity index (χ4n) is 3.19. The van der Waals surface area contributed by atoms with Crippen molar-refractivity contribution >= 4 is 33.3 Å². The van der Waals surface area contributed by atoms with Gasteiger partial charge in [-0.05, 0) is 32.3 Å². The lowest BCUT2D eigenvalue weighted by Crippen LogP contribution is -2.46. The van der Waals surface area contributed by atoms with E-state index in [4.69, 9.17) is 5.73 Å². The summed E-state index contributed by atoms with van der Waals surface area (Å²) in [6, 6.07) is 0. The highest BCUT2D eigenvalue weighted by atomic mass is 32.1. The molecule has 1 saturated heterocycles. The summed E-state index contributed by atoms with van der Waals surface area (Å²) in [7, 11) is 0. The van der Waals surface area contributed by atoms with Crippen LogP contribution in [-0.4, -0.2) is 48.0 Å². The number of piperidine rings is 1. The highest BCUT2D eigenvalue weighted by Gasteiger charge is 2.31. The summed E-state index contributed by atoms with van der Waals surface area (Å²) in [6.07, 6.45) is 2.78. The number of anilines is 1. The molecule has 1 aliphatic heterocycles. The van der Waals surface area contributed by atoms with Gasteiger partial charge in [0.05, 0.1) is 18.5 Å². The zero-order valence-corrected chi connectivity index (χ0v) is 15.7. The Morgan fingerprint density at radius 1 is 1.38 bits per heavy atom. The topological polar surface area (TPSA) is 84.1 Å². The van der Waals surface area contributed by atoms with Gasteiger partial charge in [0.15, 0.2) is 0 Å². The molecule has 1 amide bonds. The van der Waals surface area contributed by atoms with Crippen molar-refractivity contribution in [1.29, 1.82) is 0 Å². The summed E-state index contributed by atoms with van der Waals surface area (Å²) in [5.41, 5.74) is 6.18. The number of halogens is 2. The number of hydrogen-bond donors (Lipinski definition) is 2. The maximum atomic E-state index is 13.2. The molecule has 3 N–H and O–H groups in total. The number of carbonyl (C=O) groups excluding carboxylic acids is 1. The number of fused-ring (bicyclic) bond motifs is 1. The molecule has 6 nitrogen and oxygen atoms in total. The van der Waals surface area contributed by atoms with E-state index in [0.29, 0.717) is 25.9 Å². The van der Waals surface area contributed by atoms with Crippen LogP contribution >= 0.6 is 11.3 Å². The average molecular weight is 383 g/mol. The third-order valence-electron chi connectivity index (χ3n) is 4.93. The van der Waals surface area contributed by atoms with Crippen molar-refractivity contribution in [1.82, 2.24) is 15.3 Å². The molecule has 2 aromatic heterocycles. The Morgan fingerprint density at radius 3 is 2.73 bits per heavy atom. The van der Waals surface area contributed by atoms with Gasteiger partial charge in [0.25, 0.3) is 5.92 Å². The van der Waals surface area contributed by atoms with Gasteiger partial charge in [0, 0.05) is 23.9 Å². The van der Waals surface area contributed by atoms with Crippen molar-refractivity contribution in [3.8, 4) is 0 Å². The summed E-state index contributed by atoms with van der Waals surface area (Å²) in [4.78, 5) is 25.3. The Morgan fingerprint density at radius 2 is 2.08 bits per heavy atom. The lowest BCUT2D eigenvalue weighted by Gasteiger charge is -2.32. The van der Waals surface area contributed by atoms with Crippen molar-refractivity contribution in [2.24, 2.45) is 11.7 Å². The quantitative estimate of drug-likeness (QED) is 0.827. The van der Waals surface area contributed by atoms with Gasteiger partial charge in [-0.15, -0.1) is 11.3 Å². The van der Waals surface area contributed by atoms with Crippen molar-refractivity contribution < 1.29 is 13.6 Å². The Kier molecular flexibility index (Phi) is 5.38. The first kappa shape index (κ1) is 18.9. The smallest absolute Gasteiger partial charge is 0.277 e. The van der Waals surface area contributed by atoms with Crippen molar-refractivity contribution in [2.45, 2.75) is 32.6 Å². The van der Waals surface area contributed by atoms with Crippen LogP contribution in [0.4, 0.5) is 14.6 Å². The standard InChI is InChI=1S/C17H23F2N5OS/c1-10-11(2)26-16-13(10)14(22-9-23-16)24-5-3-12(4-6-24)15(25)21-8-17(18,19)7-20/h9,12H,3-8,20H2,1-2H3,(H,21,25). The zero-order chi connectivity index (χ0) is 18.9. The van der Waals surface area contributed by atoms with Crippen LogP contribution in [0, 0.1) is 19.8 Å². The van der Waals surface area contributed by atoms with Gasteiger partial charge in [0.1, 0.15) is 17.0 Å². The zero-order valence-electron chi connectivity index (χ0n) is 14.9. The van der Waals surface area contributed by atoms with Crippen LogP contribution < -0.4 is 16.0 Å². The largest absolute Gasteiger partial charge is 0.356 e. The molecule has 2 aromatic rings. The Balaban J connectivity index is 1.65. The molecule has 0 spiro atoms. The minimum Gasteiger partial charge on any atom is -0.356 e. The number of amides is 1. The molecule has 0 saturated carbocycles. The minimum atomic E-state index is -3.06. The number of thiophene rings is 1.